The van der Waals surface area contributed by atoms with Crippen LogP contribution in [0.15, 0.2) is 106 Å². The van der Waals surface area contributed by atoms with Gasteiger partial charge in [-0.1, -0.05) is 80.4 Å². The Hall–Kier alpha value is -4.21. The molecular weight excluding hydrogens is 652 g/mol. The third kappa shape index (κ3) is 6.42. The summed E-state index contributed by atoms with van der Waals surface area (Å²) in [6.45, 7) is 0.380. The summed E-state index contributed by atoms with van der Waals surface area (Å²) in [5.41, 5.74) is 3.68. The monoisotopic (exact) mass is 674 g/mol. The maximum atomic E-state index is 13.4. The van der Waals surface area contributed by atoms with Gasteiger partial charge in [-0.2, -0.15) is 0 Å². The van der Waals surface area contributed by atoms with Crippen LogP contribution in [0.1, 0.15) is 22.3 Å². The van der Waals surface area contributed by atoms with E-state index in [1.807, 2.05) is 60.7 Å². The Morgan fingerprint density at radius 2 is 1.56 bits per heavy atom. The van der Waals surface area contributed by atoms with Crippen LogP contribution in [-0.4, -0.2) is 25.0 Å². The van der Waals surface area contributed by atoms with Crippen LogP contribution in [0.4, 0.5) is 10.5 Å². The number of imide groups is 2. The highest BCUT2D eigenvalue weighted by Gasteiger charge is 2.37. The molecule has 1 N–H and O–H groups in total. The predicted molar refractivity (Wildman–Crippen MR) is 164 cm³/mol. The summed E-state index contributed by atoms with van der Waals surface area (Å²) in [6.07, 6.45) is 2.04. The van der Waals surface area contributed by atoms with Crippen molar-refractivity contribution in [1.82, 2.24) is 5.32 Å². The molecule has 0 spiro atoms. The van der Waals surface area contributed by atoms with Crippen LogP contribution < -0.4 is 19.7 Å². The number of carbonyl (C=O) groups is 3. The standard InChI is InChI=1S/C32H24Br2N2O5/c1-40-29-17-21(16-28(34)25(29)18-22-9-5-6-10-27(22)33)15-26-30(37)35-32(39)36(31(26)38)23-11-13-24(14-12-23)41-19-20-7-3-2-4-8-20/h2-17H,18-19H2,1H3,(H,35,37,39)/b26-15+. The van der Waals surface area contributed by atoms with Gasteiger partial charge in [0.1, 0.15) is 23.7 Å². The van der Waals surface area contributed by atoms with Crippen molar-refractivity contribution in [2.45, 2.75) is 13.0 Å². The number of nitrogens with zero attached hydrogens (tertiary/aromatic N) is 1. The summed E-state index contributed by atoms with van der Waals surface area (Å²) in [4.78, 5) is 39.8. The second-order valence-corrected chi connectivity index (χ2v) is 10.9. The van der Waals surface area contributed by atoms with Gasteiger partial charge in [0, 0.05) is 20.9 Å². The van der Waals surface area contributed by atoms with E-state index in [0.29, 0.717) is 35.8 Å². The molecule has 1 aliphatic heterocycles. The second kappa shape index (κ2) is 12.5. The van der Waals surface area contributed by atoms with E-state index in [1.54, 1.807) is 37.4 Å². The number of hydrogen-bond donors (Lipinski definition) is 1. The molecule has 0 atom stereocenters. The zero-order chi connectivity index (χ0) is 28.9. The van der Waals surface area contributed by atoms with Gasteiger partial charge in [-0.25, -0.2) is 9.69 Å². The number of amides is 4. The minimum Gasteiger partial charge on any atom is -0.496 e. The van der Waals surface area contributed by atoms with E-state index in [-0.39, 0.29) is 5.57 Å². The van der Waals surface area contributed by atoms with Gasteiger partial charge in [-0.05, 0) is 65.2 Å². The second-order valence-electron chi connectivity index (χ2n) is 9.18. The summed E-state index contributed by atoms with van der Waals surface area (Å²) in [5, 5.41) is 2.26. The number of ether oxygens (including phenoxy) is 2. The molecule has 4 amide bonds. The topological polar surface area (TPSA) is 84.9 Å². The molecule has 1 aliphatic rings. The molecule has 4 aromatic carbocycles. The third-order valence-electron chi connectivity index (χ3n) is 6.48. The number of halogens is 2. The van der Waals surface area contributed by atoms with E-state index in [1.165, 1.54) is 6.08 Å². The van der Waals surface area contributed by atoms with Gasteiger partial charge in [0.05, 0.1) is 12.8 Å². The number of anilines is 1. The molecule has 5 rings (SSSR count). The van der Waals surface area contributed by atoms with Crippen LogP contribution in [0.2, 0.25) is 0 Å². The SMILES string of the molecule is COc1cc(/C=C2\C(=O)NC(=O)N(c3ccc(OCc4ccccc4)cc3)C2=O)cc(Br)c1Cc1ccccc1Br. The Balaban J connectivity index is 1.38. The number of carbonyl (C=O) groups excluding carboxylic acids is 3. The summed E-state index contributed by atoms with van der Waals surface area (Å²) in [7, 11) is 1.56. The van der Waals surface area contributed by atoms with E-state index in [9.17, 15) is 14.4 Å². The quantitative estimate of drug-likeness (QED) is 0.160. The highest BCUT2D eigenvalue weighted by molar-refractivity contribution is 9.10. The Morgan fingerprint density at radius 3 is 2.27 bits per heavy atom. The molecule has 0 unspecified atom stereocenters. The zero-order valence-corrected chi connectivity index (χ0v) is 25.1. The largest absolute Gasteiger partial charge is 0.496 e. The summed E-state index contributed by atoms with van der Waals surface area (Å²) < 4.78 is 13.2. The highest BCUT2D eigenvalue weighted by atomic mass is 79.9. The van der Waals surface area contributed by atoms with Gasteiger partial charge in [-0.15, -0.1) is 0 Å². The van der Waals surface area contributed by atoms with E-state index in [4.69, 9.17) is 9.47 Å². The van der Waals surface area contributed by atoms with Gasteiger partial charge < -0.3 is 9.47 Å². The molecule has 0 aliphatic carbocycles. The molecule has 9 heteroatoms. The molecule has 4 aromatic rings. The number of methoxy groups -OCH3 is 1. The summed E-state index contributed by atoms with van der Waals surface area (Å²) in [6, 6.07) is 26.9. The maximum Gasteiger partial charge on any atom is 0.335 e. The Labute approximate surface area is 254 Å². The van der Waals surface area contributed by atoms with Crippen molar-refractivity contribution in [3.05, 3.63) is 128 Å². The Morgan fingerprint density at radius 1 is 0.854 bits per heavy atom. The Kier molecular flexibility index (Phi) is 8.66. The number of urea groups is 1. The van der Waals surface area contributed by atoms with Gasteiger partial charge in [0.15, 0.2) is 0 Å². The lowest BCUT2D eigenvalue weighted by molar-refractivity contribution is -0.122. The van der Waals surface area contributed by atoms with Crippen LogP contribution in [0.3, 0.4) is 0 Å². The zero-order valence-electron chi connectivity index (χ0n) is 21.9. The van der Waals surface area contributed by atoms with Gasteiger partial charge in [0.2, 0.25) is 0 Å². The molecule has 7 nitrogen and oxygen atoms in total. The fraction of sp³-hybridized carbons (Fsp3) is 0.0938. The van der Waals surface area contributed by atoms with Crippen molar-refractivity contribution in [1.29, 1.82) is 0 Å². The molecule has 206 valence electrons. The van der Waals surface area contributed by atoms with Crippen molar-refractivity contribution in [3.8, 4) is 11.5 Å². The van der Waals surface area contributed by atoms with Crippen molar-refractivity contribution < 1.29 is 23.9 Å². The highest BCUT2D eigenvalue weighted by Crippen LogP contribution is 2.34. The summed E-state index contributed by atoms with van der Waals surface area (Å²) >= 11 is 7.20. The third-order valence-corrected chi connectivity index (χ3v) is 7.96. The minimum absolute atomic E-state index is 0.179. The first-order valence-electron chi connectivity index (χ1n) is 12.6. The summed E-state index contributed by atoms with van der Waals surface area (Å²) in [5.74, 6) is -0.339. The smallest absolute Gasteiger partial charge is 0.335 e. The first kappa shape index (κ1) is 28.3. The van der Waals surface area contributed by atoms with Crippen molar-refractivity contribution >= 4 is 61.5 Å². The number of nitrogens with one attached hydrogen (secondary N) is 1. The van der Waals surface area contributed by atoms with E-state index in [2.05, 4.69) is 37.2 Å². The van der Waals surface area contributed by atoms with Crippen LogP contribution >= 0.6 is 31.9 Å². The molecule has 0 radical (unpaired) electrons. The van der Waals surface area contributed by atoms with Crippen LogP contribution in [-0.2, 0) is 22.6 Å². The fourth-order valence-corrected chi connectivity index (χ4v) is 5.42. The van der Waals surface area contributed by atoms with Gasteiger partial charge in [-0.3, -0.25) is 14.9 Å². The molecule has 0 saturated carbocycles. The molecule has 1 saturated heterocycles. The van der Waals surface area contributed by atoms with E-state index < -0.39 is 17.8 Å². The molecule has 0 bridgehead atoms. The van der Waals surface area contributed by atoms with Crippen molar-refractivity contribution in [3.63, 3.8) is 0 Å². The van der Waals surface area contributed by atoms with Gasteiger partial charge >= 0.3 is 6.03 Å². The number of barbiturate groups is 1. The molecule has 41 heavy (non-hydrogen) atoms. The van der Waals surface area contributed by atoms with E-state index in [0.717, 1.165) is 30.5 Å². The van der Waals surface area contributed by atoms with Gasteiger partial charge in [0.25, 0.3) is 11.8 Å². The molecular formula is C32H24Br2N2O5. The maximum absolute atomic E-state index is 13.4. The van der Waals surface area contributed by atoms with Crippen molar-refractivity contribution in [2.75, 3.05) is 12.0 Å². The lowest BCUT2D eigenvalue weighted by Crippen LogP contribution is -2.54. The van der Waals surface area contributed by atoms with Crippen LogP contribution in [0, 0.1) is 0 Å². The number of rotatable bonds is 8. The minimum atomic E-state index is -0.822. The molecule has 1 fully saturated rings. The first-order valence-corrected chi connectivity index (χ1v) is 14.2. The van der Waals surface area contributed by atoms with Crippen LogP contribution in [0.25, 0.3) is 6.08 Å². The number of hydrogen-bond acceptors (Lipinski definition) is 5. The molecule has 1 heterocycles. The van der Waals surface area contributed by atoms with Crippen LogP contribution in [0.5, 0.6) is 11.5 Å². The normalized spacial score (nSPS) is 14.3. The van der Waals surface area contributed by atoms with E-state index >= 15 is 0 Å². The Bertz CT molecular complexity index is 1650. The average molecular weight is 676 g/mol. The predicted octanol–water partition coefficient (Wildman–Crippen LogP) is 7.06. The molecule has 0 aromatic heterocycles. The fourth-order valence-electron chi connectivity index (χ4n) is 4.39. The average Bonchev–Trinajstić information content (AvgIpc) is 2.97. The van der Waals surface area contributed by atoms with Crippen molar-refractivity contribution in [2.24, 2.45) is 0 Å². The number of benzene rings is 4. The lowest BCUT2D eigenvalue weighted by Gasteiger charge is -2.26. The first-order chi connectivity index (χ1) is 19.8. The lowest BCUT2D eigenvalue weighted by atomic mass is 10.0.